The molecule has 1 aromatic heterocycles. The molecule has 0 saturated carbocycles. The predicted molar refractivity (Wildman–Crippen MR) is 87.0 cm³/mol. The van der Waals surface area contributed by atoms with Gasteiger partial charge >= 0.3 is 0 Å². The monoisotopic (exact) mass is 303 g/mol. The number of hydrogen-bond acceptors (Lipinski definition) is 4. The van der Waals surface area contributed by atoms with Crippen LogP contribution < -0.4 is 10.2 Å². The molecule has 3 rings (SSSR count). The molecule has 120 valence electrons. The summed E-state index contributed by atoms with van der Waals surface area (Å²) in [5.74, 6) is 1.89. The number of piperidine rings is 1. The molecule has 1 unspecified atom stereocenters. The molecule has 22 heavy (non-hydrogen) atoms. The van der Waals surface area contributed by atoms with Gasteiger partial charge in [-0.15, -0.1) is 0 Å². The lowest BCUT2D eigenvalue weighted by molar-refractivity contribution is -0.122. The molecule has 0 aliphatic carbocycles. The number of carbonyl (C=O) groups is 1. The van der Waals surface area contributed by atoms with E-state index in [1.54, 1.807) is 6.20 Å². The van der Waals surface area contributed by atoms with E-state index >= 15 is 0 Å². The summed E-state index contributed by atoms with van der Waals surface area (Å²) < 4.78 is 5.29. The molecule has 1 amide bonds. The minimum Gasteiger partial charge on any atom is -0.381 e. The number of aromatic nitrogens is 1. The second kappa shape index (κ2) is 7.09. The lowest BCUT2D eigenvalue weighted by Crippen LogP contribution is -2.34. The van der Waals surface area contributed by atoms with Crippen molar-refractivity contribution in [1.82, 2.24) is 4.98 Å². The van der Waals surface area contributed by atoms with Crippen molar-refractivity contribution in [3.63, 3.8) is 0 Å². The average Bonchev–Trinajstić information content (AvgIpc) is 2.56. The summed E-state index contributed by atoms with van der Waals surface area (Å²) in [7, 11) is 0. The number of ether oxygens (including phenoxy) is 1. The van der Waals surface area contributed by atoms with Crippen molar-refractivity contribution in [3.05, 3.63) is 18.3 Å². The van der Waals surface area contributed by atoms with Crippen LogP contribution >= 0.6 is 0 Å². The number of nitrogens with zero attached hydrogens (tertiary/aromatic N) is 2. The molecule has 2 aliphatic rings. The molecular formula is C17H25N3O2. The van der Waals surface area contributed by atoms with E-state index in [9.17, 15) is 4.79 Å². The van der Waals surface area contributed by atoms with Crippen LogP contribution in [0, 0.1) is 11.8 Å². The summed E-state index contributed by atoms with van der Waals surface area (Å²) in [4.78, 5) is 19.0. The zero-order chi connectivity index (χ0) is 15.4. The summed E-state index contributed by atoms with van der Waals surface area (Å²) in [6.45, 7) is 5.80. The third-order valence-electron chi connectivity index (χ3n) is 4.59. The molecule has 5 nitrogen and oxygen atoms in total. The van der Waals surface area contributed by atoms with E-state index in [0.717, 1.165) is 43.4 Å². The first-order valence-electron chi connectivity index (χ1n) is 8.32. The number of amides is 1. The summed E-state index contributed by atoms with van der Waals surface area (Å²) in [5.41, 5.74) is 0.783. The maximum absolute atomic E-state index is 12.2. The third-order valence-corrected chi connectivity index (χ3v) is 4.59. The van der Waals surface area contributed by atoms with Crippen molar-refractivity contribution < 1.29 is 9.53 Å². The number of rotatable bonds is 3. The van der Waals surface area contributed by atoms with E-state index in [-0.39, 0.29) is 11.8 Å². The third kappa shape index (κ3) is 3.77. The van der Waals surface area contributed by atoms with Gasteiger partial charge in [-0.1, -0.05) is 6.92 Å². The van der Waals surface area contributed by atoms with Gasteiger partial charge in [0.15, 0.2) is 0 Å². The zero-order valence-electron chi connectivity index (χ0n) is 13.3. The van der Waals surface area contributed by atoms with Gasteiger partial charge in [0.1, 0.15) is 5.82 Å². The number of anilines is 2. The Morgan fingerprint density at radius 1 is 1.32 bits per heavy atom. The van der Waals surface area contributed by atoms with Crippen LogP contribution in [-0.4, -0.2) is 37.2 Å². The van der Waals surface area contributed by atoms with Gasteiger partial charge in [0, 0.05) is 32.2 Å². The van der Waals surface area contributed by atoms with Gasteiger partial charge in [-0.2, -0.15) is 0 Å². The molecule has 2 aliphatic heterocycles. The van der Waals surface area contributed by atoms with Crippen molar-refractivity contribution in [2.45, 2.75) is 32.6 Å². The molecule has 1 atom stereocenters. The SMILES string of the molecule is CC1CCCN(c2ccc(NC(=O)C3CCOCC3)cn2)C1. The van der Waals surface area contributed by atoms with E-state index < -0.39 is 0 Å². The molecular weight excluding hydrogens is 278 g/mol. The lowest BCUT2D eigenvalue weighted by Gasteiger charge is -2.31. The van der Waals surface area contributed by atoms with Crippen molar-refractivity contribution >= 4 is 17.4 Å². The maximum atomic E-state index is 12.2. The molecule has 3 heterocycles. The van der Waals surface area contributed by atoms with Crippen molar-refractivity contribution in [2.24, 2.45) is 11.8 Å². The Bertz CT molecular complexity index is 497. The fourth-order valence-corrected chi connectivity index (χ4v) is 3.25. The van der Waals surface area contributed by atoms with E-state index in [0.29, 0.717) is 13.2 Å². The van der Waals surface area contributed by atoms with Gasteiger partial charge in [0.05, 0.1) is 11.9 Å². The second-order valence-electron chi connectivity index (χ2n) is 6.47. The molecule has 0 aromatic carbocycles. The first-order chi connectivity index (χ1) is 10.7. The molecule has 0 spiro atoms. The van der Waals surface area contributed by atoms with E-state index in [2.05, 4.69) is 22.1 Å². The van der Waals surface area contributed by atoms with E-state index in [4.69, 9.17) is 4.74 Å². The van der Waals surface area contributed by atoms with Crippen LogP contribution in [0.5, 0.6) is 0 Å². The van der Waals surface area contributed by atoms with Gasteiger partial charge in [0.2, 0.25) is 5.91 Å². The number of carbonyl (C=O) groups excluding carboxylic acids is 1. The minimum atomic E-state index is 0.0661. The predicted octanol–water partition coefficient (Wildman–Crippen LogP) is 2.68. The molecule has 2 saturated heterocycles. The van der Waals surface area contributed by atoms with Gasteiger partial charge in [-0.25, -0.2) is 4.98 Å². The standard InChI is InChI=1S/C17H25N3O2/c1-13-3-2-8-20(12-13)16-5-4-15(11-18-16)19-17(21)14-6-9-22-10-7-14/h4-5,11,13-14H,2-3,6-10,12H2,1H3,(H,19,21). The highest BCUT2D eigenvalue weighted by Crippen LogP contribution is 2.23. The Hall–Kier alpha value is -1.62. The Morgan fingerprint density at radius 2 is 2.14 bits per heavy atom. The van der Waals surface area contributed by atoms with Gasteiger partial charge < -0.3 is 15.0 Å². The quantitative estimate of drug-likeness (QED) is 0.933. The fraction of sp³-hybridized carbons (Fsp3) is 0.647. The van der Waals surface area contributed by atoms with Crippen LogP contribution in [0.25, 0.3) is 0 Å². The number of hydrogen-bond donors (Lipinski definition) is 1. The Labute approximate surface area is 132 Å². The normalized spacial score (nSPS) is 23.3. The van der Waals surface area contributed by atoms with E-state index in [1.807, 2.05) is 12.1 Å². The Kier molecular flexibility index (Phi) is 4.93. The molecule has 0 radical (unpaired) electrons. The largest absolute Gasteiger partial charge is 0.381 e. The topological polar surface area (TPSA) is 54.5 Å². The molecule has 2 fully saturated rings. The Balaban J connectivity index is 1.58. The second-order valence-corrected chi connectivity index (χ2v) is 6.47. The van der Waals surface area contributed by atoms with Crippen LogP contribution in [0.1, 0.15) is 32.6 Å². The van der Waals surface area contributed by atoms with Crippen molar-refractivity contribution in [3.8, 4) is 0 Å². The summed E-state index contributed by atoms with van der Waals surface area (Å²) in [5, 5.41) is 2.98. The maximum Gasteiger partial charge on any atom is 0.227 e. The highest BCUT2D eigenvalue weighted by Gasteiger charge is 2.22. The van der Waals surface area contributed by atoms with Crippen LogP contribution in [-0.2, 0) is 9.53 Å². The first-order valence-corrected chi connectivity index (χ1v) is 8.32. The molecule has 0 bridgehead atoms. The van der Waals surface area contributed by atoms with Crippen molar-refractivity contribution in [2.75, 3.05) is 36.5 Å². The Morgan fingerprint density at radius 3 is 2.82 bits per heavy atom. The smallest absolute Gasteiger partial charge is 0.227 e. The molecule has 1 N–H and O–H groups in total. The number of pyridine rings is 1. The highest BCUT2D eigenvalue weighted by atomic mass is 16.5. The van der Waals surface area contributed by atoms with Gasteiger partial charge in [-0.3, -0.25) is 4.79 Å². The minimum absolute atomic E-state index is 0.0661. The fourth-order valence-electron chi connectivity index (χ4n) is 3.25. The zero-order valence-corrected chi connectivity index (χ0v) is 13.3. The van der Waals surface area contributed by atoms with Crippen molar-refractivity contribution in [1.29, 1.82) is 0 Å². The van der Waals surface area contributed by atoms with Gasteiger partial charge in [-0.05, 0) is 43.7 Å². The molecule has 5 heteroatoms. The summed E-state index contributed by atoms with van der Waals surface area (Å²) in [6, 6.07) is 3.97. The highest BCUT2D eigenvalue weighted by molar-refractivity contribution is 5.92. The first kappa shape index (κ1) is 15.3. The molecule has 1 aromatic rings. The summed E-state index contributed by atoms with van der Waals surface area (Å²) >= 11 is 0. The number of nitrogens with one attached hydrogen (secondary N) is 1. The van der Waals surface area contributed by atoms with Crippen LogP contribution in [0.4, 0.5) is 11.5 Å². The van der Waals surface area contributed by atoms with Crippen LogP contribution in [0.2, 0.25) is 0 Å². The van der Waals surface area contributed by atoms with Crippen LogP contribution in [0.15, 0.2) is 18.3 Å². The van der Waals surface area contributed by atoms with E-state index in [1.165, 1.54) is 12.8 Å². The van der Waals surface area contributed by atoms with Gasteiger partial charge in [0.25, 0.3) is 0 Å². The summed E-state index contributed by atoms with van der Waals surface area (Å²) in [6.07, 6.45) is 5.92. The lowest BCUT2D eigenvalue weighted by atomic mass is 9.99. The van der Waals surface area contributed by atoms with Crippen LogP contribution in [0.3, 0.4) is 0 Å². The average molecular weight is 303 g/mol.